The average molecular weight is 345 g/mol. The van der Waals surface area contributed by atoms with Gasteiger partial charge in [-0.1, -0.05) is 74.5 Å². The number of benzene rings is 2. The highest BCUT2D eigenvalue weighted by molar-refractivity contribution is 5.41. The van der Waals surface area contributed by atoms with Crippen LogP contribution in [0.15, 0.2) is 60.7 Å². The van der Waals surface area contributed by atoms with E-state index in [1.165, 1.54) is 28.1 Å². The van der Waals surface area contributed by atoms with E-state index in [0.29, 0.717) is 0 Å². The lowest BCUT2D eigenvalue weighted by Crippen LogP contribution is -2.28. The minimum atomic E-state index is -0.0949. The van der Waals surface area contributed by atoms with E-state index in [4.69, 9.17) is 5.10 Å². The quantitative estimate of drug-likeness (QED) is 0.754. The van der Waals surface area contributed by atoms with Gasteiger partial charge in [-0.25, -0.2) is 0 Å². The predicted molar refractivity (Wildman–Crippen MR) is 106 cm³/mol. The molecular formula is C23H27N3. The van der Waals surface area contributed by atoms with Crippen LogP contribution in [-0.2, 0) is 31.3 Å². The summed E-state index contributed by atoms with van der Waals surface area (Å²) in [6, 6.07) is 21.4. The molecule has 1 aromatic heterocycles. The lowest BCUT2D eigenvalue weighted by molar-refractivity contribution is 0.540. The summed E-state index contributed by atoms with van der Waals surface area (Å²) in [4.78, 5) is 0. The summed E-state index contributed by atoms with van der Waals surface area (Å²) >= 11 is 0. The molecule has 0 atom stereocenters. The molecule has 2 heterocycles. The van der Waals surface area contributed by atoms with E-state index in [9.17, 15) is 0 Å². The zero-order valence-electron chi connectivity index (χ0n) is 15.7. The number of nitrogens with one attached hydrogen (secondary N) is 1. The maximum absolute atomic E-state index is 5.13. The molecule has 0 unspecified atom stereocenters. The average Bonchev–Trinajstić information content (AvgIpc) is 3.07. The molecule has 1 aliphatic heterocycles. The van der Waals surface area contributed by atoms with Crippen molar-refractivity contribution in [2.24, 2.45) is 0 Å². The van der Waals surface area contributed by atoms with Gasteiger partial charge in [0.2, 0.25) is 0 Å². The Morgan fingerprint density at radius 3 is 2.42 bits per heavy atom. The number of nitrogens with zero attached hydrogens (tertiary/aromatic N) is 2. The van der Waals surface area contributed by atoms with Gasteiger partial charge in [0.1, 0.15) is 0 Å². The molecule has 0 fully saturated rings. The molecule has 0 aliphatic carbocycles. The smallest absolute Gasteiger partial charge is 0.0772 e. The van der Waals surface area contributed by atoms with Gasteiger partial charge in [-0.3, -0.25) is 4.68 Å². The van der Waals surface area contributed by atoms with Gasteiger partial charge in [0.15, 0.2) is 0 Å². The second-order valence-electron chi connectivity index (χ2n) is 7.65. The van der Waals surface area contributed by atoms with Crippen molar-refractivity contribution in [1.29, 1.82) is 0 Å². The number of rotatable bonds is 5. The predicted octanol–water partition coefficient (Wildman–Crippen LogP) is 4.10. The molecule has 0 saturated carbocycles. The molecule has 2 aromatic carbocycles. The van der Waals surface area contributed by atoms with Crippen molar-refractivity contribution in [2.75, 3.05) is 6.54 Å². The van der Waals surface area contributed by atoms with Crippen LogP contribution in [0.1, 0.15) is 41.9 Å². The highest BCUT2D eigenvalue weighted by Gasteiger charge is 2.32. The SMILES string of the molecule is CC(C)(c1ccccc1)c1nn(CCc2ccccc2)c2c1CNCC2. The molecule has 3 nitrogen and oxygen atoms in total. The standard InChI is InChI=1S/C23H27N3/c1-23(2,19-11-7-4-8-12-19)22-20-17-24-15-13-21(20)26(25-22)16-14-18-9-5-3-6-10-18/h3-12,24H,13-17H2,1-2H3. The summed E-state index contributed by atoms with van der Waals surface area (Å²) in [6.45, 7) is 7.49. The zero-order chi connectivity index (χ0) is 18.0. The molecule has 0 amide bonds. The third kappa shape index (κ3) is 3.19. The van der Waals surface area contributed by atoms with Crippen LogP contribution in [0.25, 0.3) is 0 Å². The van der Waals surface area contributed by atoms with Gasteiger partial charge in [-0.2, -0.15) is 5.10 Å². The van der Waals surface area contributed by atoms with Gasteiger partial charge in [0.25, 0.3) is 0 Å². The van der Waals surface area contributed by atoms with Crippen LogP contribution >= 0.6 is 0 Å². The molecule has 0 radical (unpaired) electrons. The van der Waals surface area contributed by atoms with Crippen LogP contribution in [0.2, 0.25) is 0 Å². The fourth-order valence-electron chi connectivity index (χ4n) is 3.98. The van der Waals surface area contributed by atoms with Gasteiger partial charge in [0.05, 0.1) is 5.69 Å². The molecule has 0 bridgehead atoms. The van der Waals surface area contributed by atoms with Crippen molar-refractivity contribution in [3.05, 3.63) is 88.7 Å². The van der Waals surface area contributed by atoms with E-state index in [1.807, 2.05) is 0 Å². The Labute approximate surface area is 156 Å². The third-order valence-corrected chi connectivity index (χ3v) is 5.55. The first-order valence-electron chi connectivity index (χ1n) is 9.55. The minimum Gasteiger partial charge on any atom is -0.312 e. The molecule has 26 heavy (non-hydrogen) atoms. The first-order chi connectivity index (χ1) is 12.7. The van der Waals surface area contributed by atoms with Crippen molar-refractivity contribution in [2.45, 2.75) is 45.2 Å². The Kier molecular flexibility index (Phi) is 4.64. The highest BCUT2D eigenvalue weighted by Crippen LogP contribution is 2.35. The van der Waals surface area contributed by atoms with E-state index < -0.39 is 0 Å². The molecule has 1 N–H and O–H groups in total. The minimum absolute atomic E-state index is 0.0949. The van der Waals surface area contributed by atoms with Crippen molar-refractivity contribution in [3.63, 3.8) is 0 Å². The Morgan fingerprint density at radius 1 is 1.00 bits per heavy atom. The van der Waals surface area contributed by atoms with Gasteiger partial charge in [-0.05, 0) is 17.5 Å². The van der Waals surface area contributed by atoms with Crippen molar-refractivity contribution in [3.8, 4) is 0 Å². The summed E-state index contributed by atoms with van der Waals surface area (Å²) < 4.78 is 2.27. The Balaban J connectivity index is 1.69. The van der Waals surface area contributed by atoms with E-state index in [2.05, 4.69) is 84.5 Å². The Morgan fingerprint density at radius 2 is 1.69 bits per heavy atom. The maximum Gasteiger partial charge on any atom is 0.0772 e. The molecule has 0 saturated heterocycles. The number of aromatic nitrogens is 2. The molecule has 1 aliphatic rings. The Hall–Kier alpha value is -2.39. The van der Waals surface area contributed by atoms with E-state index >= 15 is 0 Å². The van der Waals surface area contributed by atoms with Crippen LogP contribution in [0, 0.1) is 0 Å². The van der Waals surface area contributed by atoms with Crippen LogP contribution in [0.3, 0.4) is 0 Å². The topological polar surface area (TPSA) is 29.9 Å². The maximum atomic E-state index is 5.13. The van der Waals surface area contributed by atoms with Gasteiger partial charge in [0, 0.05) is 42.7 Å². The number of fused-ring (bicyclic) bond motifs is 1. The van der Waals surface area contributed by atoms with E-state index in [0.717, 1.165) is 32.5 Å². The molecular weight excluding hydrogens is 318 g/mol. The normalized spacial score (nSPS) is 14.2. The first-order valence-corrected chi connectivity index (χ1v) is 9.55. The summed E-state index contributed by atoms with van der Waals surface area (Å²) in [5.41, 5.74) is 6.63. The van der Waals surface area contributed by atoms with E-state index in [1.54, 1.807) is 0 Å². The van der Waals surface area contributed by atoms with Crippen LogP contribution < -0.4 is 5.32 Å². The first kappa shape index (κ1) is 17.0. The molecule has 0 spiro atoms. The summed E-state index contributed by atoms with van der Waals surface area (Å²) in [5.74, 6) is 0. The zero-order valence-corrected chi connectivity index (χ0v) is 15.7. The van der Waals surface area contributed by atoms with Crippen molar-refractivity contribution >= 4 is 0 Å². The lowest BCUT2D eigenvalue weighted by Gasteiger charge is -2.26. The van der Waals surface area contributed by atoms with Crippen LogP contribution in [0.4, 0.5) is 0 Å². The molecule has 4 rings (SSSR count). The van der Waals surface area contributed by atoms with Gasteiger partial charge >= 0.3 is 0 Å². The monoisotopic (exact) mass is 345 g/mol. The van der Waals surface area contributed by atoms with E-state index in [-0.39, 0.29) is 5.41 Å². The molecule has 3 heteroatoms. The molecule has 3 aromatic rings. The number of hydrogen-bond acceptors (Lipinski definition) is 2. The van der Waals surface area contributed by atoms with Gasteiger partial charge in [-0.15, -0.1) is 0 Å². The van der Waals surface area contributed by atoms with Gasteiger partial charge < -0.3 is 5.32 Å². The number of hydrogen-bond donors (Lipinski definition) is 1. The van der Waals surface area contributed by atoms with Crippen molar-refractivity contribution < 1.29 is 0 Å². The number of aryl methyl sites for hydroxylation is 2. The van der Waals surface area contributed by atoms with Crippen LogP contribution in [0.5, 0.6) is 0 Å². The van der Waals surface area contributed by atoms with Crippen molar-refractivity contribution in [1.82, 2.24) is 15.1 Å². The second-order valence-corrected chi connectivity index (χ2v) is 7.65. The summed E-state index contributed by atoms with van der Waals surface area (Å²) in [5, 5.41) is 8.67. The third-order valence-electron chi connectivity index (χ3n) is 5.55. The van der Waals surface area contributed by atoms with Crippen LogP contribution in [-0.4, -0.2) is 16.3 Å². The fourth-order valence-corrected chi connectivity index (χ4v) is 3.98. The summed E-state index contributed by atoms with van der Waals surface area (Å²) in [6.07, 6.45) is 2.08. The second kappa shape index (κ2) is 7.08. The fraction of sp³-hybridized carbons (Fsp3) is 0.348. The Bertz CT molecular complexity index is 863. The molecule has 134 valence electrons. The summed E-state index contributed by atoms with van der Waals surface area (Å²) in [7, 11) is 0. The largest absolute Gasteiger partial charge is 0.312 e. The lowest BCUT2D eigenvalue weighted by atomic mass is 9.79. The highest BCUT2D eigenvalue weighted by atomic mass is 15.3.